The summed E-state index contributed by atoms with van der Waals surface area (Å²) in [7, 11) is 0. The van der Waals surface area contributed by atoms with Crippen molar-refractivity contribution in [3.63, 3.8) is 0 Å². The lowest BCUT2D eigenvalue weighted by Gasteiger charge is -2.33. The summed E-state index contributed by atoms with van der Waals surface area (Å²) in [5.41, 5.74) is 5.44. The van der Waals surface area contributed by atoms with Gasteiger partial charge < -0.3 is 15.4 Å². The van der Waals surface area contributed by atoms with Crippen molar-refractivity contribution in [2.45, 2.75) is 51.0 Å². The molecule has 1 aliphatic heterocycles. The van der Waals surface area contributed by atoms with E-state index in [1.54, 1.807) is 12.1 Å². The second-order valence-electron chi connectivity index (χ2n) is 6.82. The topological polar surface area (TPSA) is 85.5 Å². The number of amides is 2. The lowest BCUT2D eigenvalue weighted by Crippen LogP contribution is -2.44. The molecule has 2 amide bonds. The molecule has 2 N–H and O–H groups in total. The highest BCUT2D eigenvalue weighted by Gasteiger charge is 2.27. The number of ether oxygens (including phenoxy) is 1. The van der Waals surface area contributed by atoms with Gasteiger partial charge >= 0.3 is 0 Å². The van der Waals surface area contributed by atoms with Crippen molar-refractivity contribution in [1.82, 2.24) is 9.88 Å². The number of carbonyl (C=O) groups is 2. The van der Waals surface area contributed by atoms with Crippen molar-refractivity contribution < 1.29 is 14.3 Å². The van der Waals surface area contributed by atoms with E-state index in [1.165, 1.54) is 31.9 Å². The molecule has 6 heteroatoms. The van der Waals surface area contributed by atoms with Gasteiger partial charge in [-0.3, -0.25) is 14.6 Å². The lowest BCUT2D eigenvalue weighted by molar-refractivity contribution is -0.134. The molecule has 2 fully saturated rings. The predicted octanol–water partition coefficient (Wildman–Crippen LogP) is 2.13. The van der Waals surface area contributed by atoms with Crippen LogP contribution in [0.5, 0.6) is 5.75 Å². The fourth-order valence-electron chi connectivity index (χ4n) is 3.66. The Morgan fingerprint density at radius 3 is 2.79 bits per heavy atom. The van der Waals surface area contributed by atoms with Crippen LogP contribution >= 0.6 is 0 Å². The number of rotatable bonds is 5. The summed E-state index contributed by atoms with van der Waals surface area (Å²) in [4.78, 5) is 29.5. The van der Waals surface area contributed by atoms with E-state index in [2.05, 4.69) is 4.98 Å². The summed E-state index contributed by atoms with van der Waals surface area (Å²) in [6, 6.07) is 3.27. The maximum Gasteiger partial charge on any atom is 0.267 e. The first kappa shape index (κ1) is 16.7. The maximum atomic E-state index is 12.5. The molecule has 6 nitrogen and oxygen atoms in total. The van der Waals surface area contributed by atoms with Gasteiger partial charge in [0, 0.05) is 25.2 Å². The molecule has 0 spiro atoms. The van der Waals surface area contributed by atoms with E-state index in [9.17, 15) is 9.59 Å². The number of pyridine rings is 1. The highest BCUT2D eigenvalue weighted by Crippen LogP contribution is 2.28. The number of aromatic nitrogens is 1. The number of hydrogen-bond donors (Lipinski definition) is 1. The van der Waals surface area contributed by atoms with Gasteiger partial charge in [-0.05, 0) is 37.7 Å². The van der Waals surface area contributed by atoms with Gasteiger partial charge in [-0.2, -0.15) is 0 Å². The first-order valence-electron chi connectivity index (χ1n) is 8.82. The van der Waals surface area contributed by atoms with E-state index in [0.29, 0.717) is 24.6 Å². The van der Waals surface area contributed by atoms with Gasteiger partial charge in [-0.1, -0.05) is 12.8 Å². The smallest absolute Gasteiger partial charge is 0.267 e. The largest absolute Gasteiger partial charge is 0.488 e. The number of hydrogen-bond acceptors (Lipinski definition) is 4. The zero-order chi connectivity index (χ0) is 16.9. The molecule has 1 aromatic rings. The van der Waals surface area contributed by atoms with Gasteiger partial charge in [0.15, 0.2) is 0 Å². The Morgan fingerprint density at radius 2 is 2.04 bits per heavy atom. The van der Waals surface area contributed by atoms with Crippen molar-refractivity contribution >= 4 is 11.8 Å². The Labute approximate surface area is 142 Å². The molecular formula is C18H25N3O3. The van der Waals surface area contributed by atoms with Crippen LogP contribution in [0.25, 0.3) is 0 Å². The predicted molar refractivity (Wildman–Crippen MR) is 89.6 cm³/mol. The highest BCUT2D eigenvalue weighted by atomic mass is 16.5. The maximum absolute atomic E-state index is 12.5. The molecule has 1 aromatic heterocycles. The normalized spacial score (nSPS) is 21.7. The minimum atomic E-state index is -0.572. The first-order chi connectivity index (χ1) is 11.6. The van der Waals surface area contributed by atoms with Crippen LogP contribution in [0.3, 0.4) is 0 Å². The summed E-state index contributed by atoms with van der Waals surface area (Å²) in [6.07, 6.45) is 8.88. The number of nitrogens with two attached hydrogens (primary N) is 1. The van der Waals surface area contributed by atoms with Gasteiger partial charge in [0.1, 0.15) is 17.5 Å². The molecular weight excluding hydrogens is 306 g/mol. The van der Waals surface area contributed by atoms with Gasteiger partial charge in [0.2, 0.25) is 5.91 Å². The monoisotopic (exact) mass is 331 g/mol. The second kappa shape index (κ2) is 7.64. The first-order valence-corrected chi connectivity index (χ1v) is 8.82. The van der Waals surface area contributed by atoms with Gasteiger partial charge in [0.05, 0.1) is 6.54 Å². The van der Waals surface area contributed by atoms with Crippen LogP contribution in [0.1, 0.15) is 55.4 Å². The van der Waals surface area contributed by atoms with Gasteiger partial charge in [0.25, 0.3) is 5.91 Å². The van der Waals surface area contributed by atoms with Crippen molar-refractivity contribution in [3.8, 4) is 5.75 Å². The molecule has 3 rings (SSSR count). The number of primary amides is 1. The summed E-state index contributed by atoms with van der Waals surface area (Å²) in [5.74, 6) is 0.825. The number of piperidine rings is 1. The van der Waals surface area contributed by atoms with E-state index in [-0.39, 0.29) is 17.7 Å². The molecule has 24 heavy (non-hydrogen) atoms. The standard InChI is InChI=1S/C18H25N3O3/c19-18(23)16-11-14(7-8-20-16)24-15-6-3-9-21(12-15)17(22)10-13-4-1-2-5-13/h7-8,11,13,15H,1-6,9-10,12H2,(H2,19,23). The zero-order valence-electron chi connectivity index (χ0n) is 13.9. The van der Waals surface area contributed by atoms with E-state index < -0.39 is 5.91 Å². The van der Waals surface area contributed by atoms with Crippen molar-refractivity contribution in [2.24, 2.45) is 11.7 Å². The molecule has 130 valence electrons. The van der Waals surface area contributed by atoms with Gasteiger partial charge in [-0.25, -0.2) is 0 Å². The average molecular weight is 331 g/mol. The quantitative estimate of drug-likeness (QED) is 0.895. The molecule has 0 aromatic carbocycles. The Morgan fingerprint density at radius 1 is 1.25 bits per heavy atom. The summed E-state index contributed by atoms with van der Waals surface area (Å²) >= 11 is 0. The van der Waals surface area contributed by atoms with E-state index in [1.807, 2.05) is 4.90 Å². The third kappa shape index (κ3) is 4.24. The Kier molecular flexibility index (Phi) is 5.33. The molecule has 0 radical (unpaired) electrons. The highest BCUT2D eigenvalue weighted by molar-refractivity contribution is 5.91. The molecule has 0 bridgehead atoms. The molecule has 1 unspecified atom stereocenters. The van der Waals surface area contributed by atoms with Crippen LogP contribution in [-0.4, -0.2) is 40.9 Å². The van der Waals surface area contributed by atoms with Crippen LogP contribution in [0.4, 0.5) is 0 Å². The number of carbonyl (C=O) groups excluding carboxylic acids is 2. The van der Waals surface area contributed by atoms with Crippen LogP contribution < -0.4 is 10.5 Å². The Bertz CT molecular complexity index is 599. The van der Waals surface area contributed by atoms with Crippen LogP contribution in [0.2, 0.25) is 0 Å². The lowest BCUT2D eigenvalue weighted by atomic mass is 10.0. The van der Waals surface area contributed by atoms with Gasteiger partial charge in [-0.15, -0.1) is 0 Å². The molecule has 1 saturated heterocycles. The SMILES string of the molecule is NC(=O)c1cc(OC2CCCN(C(=O)CC3CCCC3)C2)ccn1. The summed E-state index contributed by atoms with van der Waals surface area (Å²) < 4.78 is 5.95. The fourth-order valence-corrected chi connectivity index (χ4v) is 3.66. The van der Waals surface area contributed by atoms with E-state index in [0.717, 1.165) is 19.4 Å². The van der Waals surface area contributed by atoms with Crippen molar-refractivity contribution in [2.75, 3.05) is 13.1 Å². The molecule has 2 aliphatic rings. The molecule has 1 saturated carbocycles. The third-order valence-electron chi connectivity index (χ3n) is 4.96. The molecule has 1 aliphatic carbocycles. The van der Waals surface area contributed by atoms with Crippen LogP contribution in [0, 0.1) is 5.92 Å². The minimum Gasteiger partial charge on any atom is -0.488 e. The van der Waals surface area contributed by atoms with E-state index >= 15 is 0 Å². The number of nitrogens with zero attached hydrogens (tertiary/aromatic N) is 2. The second-order valence-corrected chi connectivity index (χ2v) is 6.82. The van der Waals surface area contributed by atoms with Crippen molar-refractivity contribution in [3.05, 3.63) is 24.0 Å². The number of likely N-dealkylation sites (tertiary alicyclic amines) is 1. The Hall–Kier alpha value is -2.11. The average Bonchev–Trinajstić information content (AvgIpc) is 3.08. The van der Waals surface area contributed by atoms with E-state index in [4.69, 9.17) is 10.5 Å². The Balaban J connectivity index is 1.56. The fraction of sp³-hybridized carbons (Fsp3) is 0.611. The zero-order valence-corrected chi connectivity index (χ0v) is 13.9. The minimum absolute atomic E-state index is 0.0468. The van der Waals surface area contributed by atoms with Crippen molar-refractivity contribution in [1.29, 1.82) is 0 Å². The van der Waals surface area contributed by atoms with Crippen LogP contribution in [0.15, 0.2) is 18.3 Å². The summed E-state index contributed by atoms with van der Waals surface area (Å²) in [6.45, 7) is 1.42. The molecule has 2 heterocycles. The summed E-state index contributed by atoms with van der Waals surface area (Å²) in [5, 5.41) is 0. The van der Waals surface area contributed by atoms with Crippen LogP contribution in [-0.2, 0) is 4.79 Å². The third-order valence-corrected chi connectivity index (χ3v) is 4.96. The molecule has 1 atom stereocenters.